The van der Waals surface area contributed by atoms with Crippen LogP contribution in [0.4, 0.5) is 5.69 Å². The minimum absolute atomic E-state index is 0.0812. The Bertz CT molecular complexity index is 1010. The second kappa shape index (κ2) is 7.75. The van der Waals surface area contributed by atoms with E-state index in [2.05, 4.69) is 18.2 Å². The smallest absolute Gasteiger partial charge is 0.286 e. The summed E-state index contributed by atoms with van der Waals surface area (Å²) in [6.07, 6.45) is 0. The zero-order valence-corrected chi connectivity index (χ0v) is 17.4. The van der Waals surface area contributed by atoms with Crippen LogP contribution in [0.3, 0.4) is 0 Å². The molecule has 0 atom stereocenters. The summed E-state index contributed by atoms with van der Waals surface area (Å²) >= 11 is 0. The highest BCUT2D eigenvalue weighted by atomic mass is 32.2. The number of anilines is 1. The first-order valence-corrected chi connectivity index (χ1v) is 10.7. The number of hydrogen-bond donors (Lipinski definition) is 0. The Labute approximate surface area is 166 Å². The molecule has 6 nitrogen and oxygen atoms in total. The number of sulfonamides is 1. The molecule has 0 bridgehead atoms. The molecular weight excluding hydrogens is 374 g/mol. The summed E-state index contributed by atoms with van der Waals surface area (Å²) in [6.45, 7) is 6.91. The zero-order valence-electron chi connectivity index (χ0n) is 16.6. The number of carbonyl (C=O) groups excluding carboxylic acids is 1. The molecular formula is C21H25N3O3S. The largest absolute Gasteiger partial charge is 0.337 e. The number of nitrogens with zero attached hydrogens (tertiary/aromatic N) is 3. The lowest BCUT2D eigenvalue weighted by molar-refractivity contribution is 0.0785. The van der Waals surface area contributed by atoms with Gasteiger partial charge in [-0.3, -0.25) is 4.79 Å². The summed E-state index contributed by atoms with van der Waals surface area (Å²) in [5.41, 5.74) is 1.91. The highest BCUT2D eigenvalue weighted by Crippen LogP contribution is 2.33. The molecule has 0 spiro atoms. The van der Waals surface area contributed by atoms with Gasteiger partial charge in [-0.1, -0.05) is 44.2 Å². The van der Waals surface area contributed by atoms with Gasteiger partial charge in [-0.2, -0.15) is 8.42 Å². The van der Waals surface area contributed by atoms with Crippen LogP contribution in [0.2, 0.25) is 0 Å². The van der Waals surface area contributed by atoms with Gasteiger partial charge in [-0.05, 0) is 36.6 Å². The Morgan fingerprint density at radius 2 is 1.82 bits per heavy atom. The molecule has 7 heteroatoms. The Kier molecular flexibility index (Phi) is 5.56. The number of carbonyl (C=O) groups is 1. The third-order valence-electron chi connectivity index (χ3n) is 4.58. The standard InChI is InChI=1S/C21H25N3O3S/c1-15(2)13-24-16(3)22-28(26,27)20-12-18(10-11-19(20)24)21(25)23(4)14-17-8-6-5-7-9-17/h5-12,15H,13-14H2,1-4H3. The summed E-state index contributed by atoms with van der Waals surface area (Å²) in [5, 5.41) is 0. The van der Waals surface area contributed by atoms with Gasteiger partial charge in [-0.25, -0.2) is 0 Å². The SMILES string of the molecule is CC1=NS(=O)(=O)c2cc(C(=O)N(C)Cc3ccccc3)ccc2N1CC(C)C. The van der Waals surface area contributed by atoms with E-state index in [0.717, 1.165) is 5.56 Å². The monoisotopic (exact) mass is 399 g/mol. The normalized spacial score (nSPS) is 15.2. The first-order valence-electron chi connectivity index (χ1n) is 9.21. The second-order valence-corrected chi connectivity index (χ2v) is 9.02. The van der Waals surface area contributed by atoms with E-state index >= 15 is 0 Å². The number of hydrogen-bond acceptors (Lipinski definition) is 4. The van der Waals surface area contributed by atoms with Gasteiger partial charge in [0.05, 0.1) is 5.69 Å². The molecule has 0 aromatic heterocycles. The fourth-order valence-electron chi connectivity index (χ4n) is 3.27. The van der Waals surface area contributed by atoms with Crippen LogP contribution in [-0.4, -0.2) is 38.7 Å². The maximum Gasteiger partial charge on any atom is 0.286 e. The lowest BCUT2D eigenvalue weighted by Gasteiger charge is -2.31. The van der Waals surface area contributed by atoms with Crippen molar-refractivity contribution in [2.24, 2.45) is 10.3 Å². The Hall–Kier alpha value is -2.67. The predicted octanol–water partition coefficient (Wildman–Crippen LogP) is 3.54. The third kappa shape index (κ3) is 4.09. The summed E-state index contributed by atoms with van der Waals surface area (Å²) in [7, 11) is -2.12. The van der Waals surface area contributed by atoms with E-state index in [0.29, 0.717) is 36.1 Å². The highest BCUT2D eigenvalue weighted by Gasteiger charge is 2.30. The van der Waals surface area contributed by atoms with Crippen molar-refractivity contribution in [1.82, 2.24) is 4.90 Å². The van der Waals surface area contributed by atoms with Gasteiger partial charge < -0.3 is 9.80 Å². The molecule has 2 aromatic carbocycles. The molecule has 0 aliphatic carbocycles. The molecule has 0 saturated heterocycles. The first-order chi connectivity index (χ1) is 13.2. The van der Waals surface area contributed by atoms with Gasteiger partial charge in [0.15, 0.2) is 0 Å². The number of fused-ring (bicyclic) bond motifs is 1. The number of benzene rings is 2. The zero-order chi connectivity index (χ0) is 20.5. The fraction of sp³-hybridized carbons (Fsp3) is 0.333. The topological polar surface area (TPSA) is 70.0 Å². The van der Waals surface area contributed by atoms with Crippen LogP contribution in [0.1, 0.15) is 36.7 Å². The van der Waals surface area contributed by atoms with Crippen LogP contribution in [-0.2, 0) is 16.6 Å². The first kappa shape index (κ1) is 20.1. The lowest BCUT2D eigenvalue weighted by Crippen LogP contribution is -2.37. The van der Waals surface area contributed by atoms with Gasteiger partial charge in [0, 0.05) is 25.7 Å². The number of amides is 1. The van der Waals surface area contributed by atoms with Crippen LogP contribution in [0.25, 0.3) is 0 Å². The Morgan fingerprint density at radius 1 is 1.14 bits per heavy atom. The molecule has 1 aliphatic heterocycles. The van der Waals surface area contributed by atoms with Crippen LogP contribution in [0.5, 0.6) is 0 Å². The van der Waals surface area contributed by atoms with E-state index in [1.165, 1.54) is 6.07 Å². The minimum Gasteiger partial charge on any atom is -0.337 e. The molecule has 0 saturated carbocycles. The van der Waals surface area contributed by atoms with Crippen molar-refractivity contribution < 1.29 is 13.2 Å². The molecule has 0 radical (unpaired) electrons. The maximum atomic E-state index is 12.9. The molecule has 2 aromatic rings. The molecule has 3 rings (SSSR count). The third-order valence-corrected chi connectivity index (χ3v) is 5.96. The van der Waals surface area contributed by atoms with Crippen molar-refractivity contribution in [2.75, 3.05) is 18.5 Å². The highest BCUT2D eigenvalue weighted by molar-refractivity contribution is 7.90. The van der Waals surface area contributed by atoms with Gasteiger partial charge in [0.1, 0.15) is 10.7 Å². The van der Waals surface area contributed by atoms with Crippen LogP contribution in [0.15, 0.2) is 57.8 Å². The van der Waals surface area contributed by atoms with E-state index in [4.69, 9.17) is 0 Å². The average Bonchev–Trinajstić information content (AvgIpc) is 2.64. The summed E-state index contributed by atoms with van der Waals surface area (Å²) in [4.78, 5) is 16.4. The van der Waals surface area contributed by atoms with E-state index in [1.807, 2.05) is 35.2 Å². The Morgan fingerprint density at radius 3 is 2.46 bits per heavy atom. The fourth-order valence-corrected chi connectivity index (χ4v) is 4.53. The van der Waals surface area contributed by atoms with Gasteiger partial charge >= 0.3 is 0 Å². The van der Waals surface area contributed by atoms with Gasteiger partial charge in [-0.15, -0.1) is 4.40 Å². The van der Waals surface area contributed by atoms with E-state index in [9.17, 15) is 13.2 Å². The van der Waals surface area contributed by atoms with Crippen molar-refractivity contribution in [3.63, 3.8) is 0 Å². The Balaban J connectivity index is 1.93. The molecule has 1 aliphatic rings. The summed E-state index contributed by atoms with van der Waals surface area (Å²) in [5.74, 6) is 0.544. The average molecular weight is 400 g/mol. The van der Waals surface area contributed by atoms with Crippen LogP contribution < -0.4 is 4.90 Å². The number of amidine groups is 1. The van der Waals surface area contributed by atoms with Crippen LogP contribution in [0, 0.1) is 5.92 Å². The predicted molar refractivity (Wildman–Crippen MR) is 111 cm³/mol. The molecule has 28 heavy (non-hydrogen) atoms. The second-order valence-electron chi connectivity index (χ2n) is 7.45. The van der Waals surface area contributed by atoms with Crippen molar-refractivity contribution in [1.29, 1.82) is 0 Å². The number of rotatable bonds is 5. The molecule has 0 unspecified atom stereocenters. The molecule has 1 amide bonds. The lowest BCUT2D eigenvalue weighted by atomic mass is 10.1. The van der Waals surface area contributed by atoms with Gasteiger partial charge in [0.2, 0.25) is 0 Å². The molecule has 1 heterocycles. The van der Waals surface area contributed by atoms with Gasteiger partial charge in [0.25, 0.3) is 15.9 Å². The molecule has 148 valence electrons. The van der Waals surface area contributed by atoms with Crippen molar-refractivity contribution >= 4 is 27.5 Å². The maximum absolute atomic E-state index is 12.9. The van der Waals surface area contributed by atoms with Crippen molar-refractivity contribution in [2.45, 2.75) is 32.2 Å². The summed E-state index contributed by atoms with van der Waals surface area (Å²) < 4.78 is 29.1. The van der Waals surface area contributed by atoms with E-state index in [-0.39, 0.29) is 10.8 Å². The van der Waals surface area contributed by atoms with Crippen molar-refractivity contribution in [3.05, 3.63) is 59.7 Å². The summed E-state index contributed by atoms with van der Waals surface area (Å²) in [6, 6.07) is 14.5. The minimum atomic E-state index is -3.83. The van der Waals surface area contributed by atoms with E-state index < -0.39 is 10.0 Å². The molecule has 0 N–H and O–H groups in total. The van der Waals surface area contributed by atoms with Crippen LogP contribution >= 0.6 is 0 Å². The molecule has 0 fully saturated rings. The quantitative estimate of drug-likeness (QED) is 0.771. The van der Waals surface area contributed by atoms with Crippen molar-refractivity contribution in [3.8, 4) is 0 Å². The van der Waals surface area contributed by atoms with E-state index in [1.54, 1.807) is 31.0 Å².